The van der Waals surface area contributed by atoms with Crippen LogP contribution in [0.25, 0.3) is 0 Å². The van der Waals surface area contributed by atoms with Gasteiger partial charge in [0.15, 0.2) is 0 Å². The normalized spacial score (nSPS) is 12.5. The first-order valence-corrected chi connectivity index (χ1v) is 5.80. The third-order valence-corrected chi connectivity index (χ3v) is 2.58. The lowest BCUT2D eigenvalue weighted by Crippen LogP contribution is -2.08. The monoisotopic (exact) mass is 220 g/mol. The molecule has 0 aromatic heterocycles. The molecule has 0 amide bonds. The summed E-state index contributed by atoms with van der Waals surface area (Å²) >= 11 is 0. The minimum atomic E-state index is 0.280. The van der Waals surface area contributed by atoms with Crippen molar-refractivity contribution in [2.45, 2.75) is 33.1 Å². The van der Waals surface area contributed by atoms with Crippen molar-refractivity contribution in [1.82, 2.24) is 0 Å². The highest BCUT2D eigenvalue weighted by Crippen LogP contribution is 2.19. The third-order valence-electron chi connectivity index (χ3n) is 2.58. The Balaban J connectivity index is 2.46. The molecule has 1 atom stereocenters. The second-order valence-electron chi connectivity index (χ2n) is 4.54. The molecular formula is C14H20O2. The average molecular weight is 220 g/mol. The van der Waals surface area contributed by atoms with Gasteiger partial charge in [-0.2, -0.15) is 0 Å². The summed E-state index contributed by atoms with van der Waals surface area (Å²) in [6.45, 7) is 6.95. The third kappa shape index (κ3) is 4.05. The zero-order chi connectivity index (χ0) is 12.0. The van der Waals surface area contributed by atoms with Crippen LogP contribution in [-0.2, 0) is 4.79 Å². The van der Waals surface area contributed by atoms with Gasteiger partial charge in [-0.1, -0.05) is 32.9 Å². The molecule has 1 rings (SSSR count). The number of carbonyl (C=O) groups is 1. The summed E-state index contributed by atoms with van der Waals surface area (Å²) in [5.74, 6) is 1.70. The number of hydrogen-bond donors (Lipinski definition) is 0. The predicted molar refractivity (Wildman–Crippen MR) is 65.9 cm³/mol. The molecule has 1 aromatic carbocycles. The van der Waals surface area contributed by atoms with E-state index < -0.39 is 0 Å². The first kappa shape index (κ1) is 12.8. The summed E-state index contributed by atoms with van der Waals surface area (Å²) < 4.78 is 5.60. The van der Waals surface area contributed by atoms with Crippen molar-refractivity contribution in [3.63, 3.8) is 0 Å². The quantitative estimate of drug-likeness (QED) is 0.687. The Bertz CT molecular complexity index is 314. The van der Waals surface area contributed by atoms with E-state index in [0.29, 0.717) is 18.9 Å². The van der Waals surface area contributed by atoms with Crippen LogP contribution in [0.3, 0.4) is 0 Å². The summed E-state index contributed by atoms with van der Waals surface area (Å²) in [5, 5.41) is 0. The molecule has 0 fully saturated rings. The lowest BCUT2D eigenvalue weighted by Gasteiger charge is -2.11. The SMILES string of the molecule is CC(CC=O)COc1ccc(C(C)C)cc1. The Labute approximate surface area is 97.6 Å². The molecule has 2 heteroatoms. The van der Waals surface area contributed by atoms with E-state index in [-0.39, 0.29) is 5.92 Å². The predicted octanol–water partition coefficient (Wildman–Crippen LogP) is 3.41. The molecule has 0 aliphatic rings. The van der Waals surface area contributed by atoms with E-state index in [1.54, 1.807) is 0 Å². The Kier molecular flexibility index (Phi) is 5.03. The fourth-order valence-electron chi connectivity index (χ4n) is 1.42. The van der Waals surface area contributed by atoms with Crippen molar-refractivity contribution in [1.29, 1.82) is 0 Å². The van der Waals surface area contributed by atoms with Gasteiger partial charge in [0, 0.05) is 6.42 Å². The zero-order valence-corrected chi connectivity index (χ0v) is 10.3. The van der Waals surface area contributed by atoms with Crippen molar-refractivity contribution in [2.75, 3.05) is 6.61 Å². The molecule has 0 aliphatic heterocycles. The van der Waals surface area contributed by atoms with Gasteiger partial charge in [0.25, 0.3) is 0 Å². The van der Waals surface area contributed by atoms with Gasteiger partial charge in [0.05, 0.1) is 6.61 Å². The van der Waals surface area contributed by atoms with Crippen molar-refractivity contribution in [3.8, 4) is 5.75 Å². The van der Waals surface area contributed by atoms with Crippen molar-refractivity contribution >= 4 is 6.29 Å². The van der Waals surface area contributed by atoms with Crippen molar-refractivity contribution in [2.24, 2.45) is 5.92 Å². The van der Waals surface area contributed by atoms with Crippen LogP contribution in [-0.4, -0.2) is 12.9 Å². The van der Waals surface area contributed by atoms with Gasteiger partial charge in [0.1, 0.15) is 12.0 Å². The lowest BCUT2D eigenvalue weighted by atomic mass is 10.0. The molecular weight excluding hydrogens is 200 g/mol. The van der Waals surface area contributed by atoms with Crippen LogP contribution in [0.2, 0.25) is 0 Å². The molecule has 1 aromatic rings. The highest BCUT2D eigenvalue weighted by atomic mass is 16.5. The van der Waals surface area contributed by atoms with Crippen molar-refractivity contribution < 1.29 is 9.53 Å². The first-order chi connectivity index (χ1) is 7.63. The highest BCUT2D eigenvalue weighted by Gasteiger charge is 2.03. The summed E-state index contributed by atoms with van der Waals surface area (Å²) in [4.78, 5) is 10.3. The molecule has 88 valence electrons. The van der Waals surface area contributed by atoms with Gasteiger partial charge in [-0.3, -0.25) is 0 Å². The number of aldehydes is 1. The number of carbonyl (C=O) groups excluding carboxylic acids is 1. The van der Waals surface area contributed by atoms with Crippen LogP contribution in [0, 0.1) is 5.92 Å². The van der Waals surface area contributed by atoms with Gasteiger partial charge in [-0.25, -0.2) is 0 Å². The summed E-state index contributed by atoms with van der Waals surface area (Å²) in [6.07, 6.45) is 1.50. The molecule has 0 saturated carbocycles. The first-order valence-electron chi connectivity index (χ1n) is 5.80. The second-order valence-corrected chi connectivity index (χ2v) is 4.54. The number of hydrogen-bond acceptors (Lipinski definition) is 2. The highest BCUT2D eigenvalue weighted by molar-refractivity contribution is 5.49. The minimum Gasteiger partial charge on any atom is -0.493 e. The van der Waals surface area contributed by atoms with E-state index in [1.165, 1.54) is 5.56 Å². The molecule has 0 saturated heterocycles. The second kappa shape index (κ2) is 6.31. The molecule has 0 spiro atoms. The van der Waals surface area contributed by atoms with Gasteiger partial charge < -0.3 is 9.53 Å². The molecule has 2 nitrogen and oxygen atoms in total. The number of rotatable bonds is 6. The largest absolute Gasteiger partial charge is 0.493 e. The summed E-state index contributed by atoms with van der Waals surface area (Å²) in [5.41, 5.74) is 1.31. The number of benzene rings is 1. The van der Waals surface area contributed by atoms with Gasteiger partial charge in [0.2, 0.25) is 0 Å². The minimum absolute atomic E-state index is 0.280. The Morgan fingerprint density at radius 2 is 1.81 bits per heavy atom. The summed E-state index contributed by atoms with van der Waals surface area (Å²) in [7, 11) is 0. The Morgan fingerprint density at radius 3 is 2.31 bits per heavy atom. The van der Waals surface area contributed by atoms with E-state index in [4.69, 9.17) is 4.74 Å². The molecule has 0 radical (unpaired) electrons. The van der Waals surface area contributed by atoms with E-state index in [0.717, 1.165) is 12.0 Å². The van der Waals surface area contributed by atoms with E-state index in [2.05, 4.69) is 26.0 Å². The van der Waals surface area contributed by atoms with E-state index in [1.807, 2.05) is 19.1 Å². The standard InChI is InChI=1S/C14H20O2/c1-11(2)13-4-6-14(7-5-13)16-10-12(3)8-9-15/h4-7,9,11-12H,8,10H2,1-3H3. The lowest BCUT2D eigenvalue weighted by molar-refractivity contribution is -0.108. The topological polar surface area (TPSA) is 26.3 Å². The van der Waals surface area contributed by atoms with Crippen LogP contribution in [0.1, 0.15) is 38.7 Å². The van der Waals surface area contributed by atoms with Gasteiger partial charge in [-0.15, -0.1) is 0 Å². The molecule has 16 heavy (non-hydrogen) atoms. The maximum atomic E-state index is 10.3. The molecule has 1 unspecified atom stereocenters. The van der Waals surface area contributed by atoms with Gasteiger partial charge >= 0.3 is 0 Å². The molecule has 0 heterocycles. The van der Waals surface area contributed by atoms with E-state index in [9.17, 15) is 4.79 Å². The van der Waals surface area contributed by atoms with Crippen LogP contribution < -0.4 is 4.74 Å². The van der Waals surface area contributed by atoms with Crippen LogP contribution in [0.4, 0.5) is 0 Å². The molecule has 0 N–H and O–H groups in total. The van der Waals surface area contributed by atoms with Crippen LogP contribution in [0.15, 0.2) is 24.3 Å². The molecule has 0 aliphatic carbocycles. The molecule has 0 bridgehead atoms. The fraction of sp³-hybridized carbons (Fsp3) is 0.500. The maximum absolute atomic E-state index is 10.3. The maximum Gasteiger partial charge on any atom is 0.120 e. The van der Waals surface area contributed by atoms with Gasteiger partial charge in [-0.05, 0) is 29.5 Å². The van der Waals surface area contributed by atoms with Crippen LogP contribution in [0.5, 0.6) is 5.75 Å². The number of ether oxygens (including phenoxy) is 1. The van der Waals surface area contributed by atoms with Crippen molar-refractivity contribution in [3.05, 3.63) is 29.8 Å². The Morgan fingerprint density at radius 1 is 1.19 bits per heavy atom. The zero-order valence-electron chi connectivity index (χ0n) is 10.3. The smallest absolute Gasteiger partial charge is 0.120 e. The van der Waals surface area contributed by atoms with E-state index >= 15 is 0 Å². The van der Waals surface area contributed by atoms with Crippen LogP contribution >= 0.6 is 0 Å². The average Bonchev–Trinajstić information content (AvgIpc) is 2.27. The summed E-state index contributed by atoms with van der Waals surface area (Å²) in [6, 6.07) is 8.15. The fourth-order valence-corrected chi connectivity index (χ4v) is 1.42. The Hall–Kier alpha value is -1.31.